The maximum Gasteiger partial charge on any atom is 0.269 e. The van der Waals surface area contributed by atoms with Gasteiger partial charge in [0.15, 0.2) is 0 Å². The van der Waals surface area contributed by atoms with Crippen LogP contribution in [0.1, 0.15) is 35.3 Å². The van der Waals surface area contributed by atoms with Gasteiger partial charge in [-0.15, -0.1) is 0 Å². The van der Waals surface area contributed by atoms with Crippen LogP contribution in [0.15, 0.2) is 78.9 Å². The lowest BCUT2D eigenvalue weighted by Gasteiger charge is -2.26. The topological polar surface area (TPSA) is 81.5 Å². The van der Waals surface area contributed by atoms with Gasteiger partial charge in [0.2, 0.25) is 0 Å². The fourth-order valence-corrected chi connectivity index (χ4v) is 3.16. The second-order valence-corrected chi connectivity index (χ2v) is 7.42. The van der Waals surface area contributed by atoms with E-state index in [1.165, 1.54) is 35.4 Å². The zero-order chi connectivity index (χ0) is 21.6. The molecule has 3 rings (SSSR count). The van der Waals surface area contributed by atoms with Crippen LogP contribution < -0.4 is 10.1 Å². The number of hydrogen-bond acceptors (Lipinski definition) is 4. The van der Waals surface area contributed by atoms with Crippen LogP contribution in [0.5, 0.6) is 5.75 Å². The third-order valence-corrected chi connectivity index (χ3v) is 5.07. The van der Waals surface area contributed by atoms with Gasteiger partial charge in [0, 0.05) is 23.1 Å². The smallest absolute Gasteiger partial charge is 0.269 e. The molecular weight excluding hydrogens is 380 g/mol. The highest BCUT2D eigenvalue weighted by Gasteiger charge is 2.22. The van der Waals surface area contributed by atoms with Crippen molar-refractivity contribution in [2.24, 2.45) is 0 Å². The summed E-state index contributed by atoms with van der Waals surface area (Å²) in [4.78, 5) is 22.3. The van der Waals surface area contributed by atoms with Crippen LogP contribution in [0.4, 0.5) is 5.69 Å². The Kier molecular flexibility index (Phi) is 6.47. The standard InChI is InChI=1S/C24H24N2O4/c1-24(2,19-6-4-3-5-7-19)20-10-14-22(15-11-20)30-17-16-25-23(27)18-8-12-21(13-9-18)26(28)29/h3-15H,16-17H2,1-2H3,(H,25,27). The molecule has 6 nitrogen and oxygen atoms in total. The average Bonchev–Trinajstić information content (AvgIpc) is 2.77. The summed E-state index contributed by atoms with van der Waals surface area (Å²) < 4.78 is 5.71. The second kappa shape index (κ2) is 9.22. The molecule has 1 N–H and O–H groups in total. The summed E-state index contributed by atoms with van der Waals surface area (Å²) in [5.41, 5.74) is 2.64. The number of nitro benzene ring substituents is 1. The molecule has 0 aliphatic carbocycles. The van der Waals surface area contributed by atoms with Crippen LogP contribution >= 0.6 is 0 Å². The monoisotopic (exact) mass is 404 g/mol. The number of benzene rings is 3. The van der Waals surface area contributed by atoms with Gasteiger partial charge in [0.25, 0.3) is 11.6 Å². The van der Waals surface area contributed by atoms with Gasteiger partial charge in [0.1, 0.15) is 12.4 Å². The molecule has 0 heterocycles. The second-order valence-electron chi connectivity index (χ2n) is 7.42. The highest BCUT2D eigenvalue weighted by Crippen LogP contribution is 2.32. The SMILES string of the molecule is CC(C)(c1ccccc1)c1ccc(OCCNC(=O)c2ccc([N+](=O)[O-])cc2)cc1. The molecule has 0 radical (unpaired) electrons. The quantitative estimate of drug-likeness (QED) is 0.334. The van der Waals surface area contributed by atoms with Crippen molar-refractivity contribution >= 4 is 11.6 Å². The Balaban J connectivity index is 1.49. The summed E-state index contributed by atoms with van der Waals surface area (Å²) in [5.74, 6) is 0.431. The lowest BCUT2D eigenvalue weighted by molar-refractivity contribution is -0.384. The first-order chi connectivity index (χ1) is 14.4. The van der Waals surface area contributed by atoms with Crippen molar-refractivity contribution < 1.29 is 14.5 Å². The number of nitrogens with one attached hydrogen (secondary N) is 1. The van der Waals surface area contributed by atoms with Crippen LogP contribution in [0.3, 0.4) is 0 Å². The fourth-order valence-electron chi connectivity index (χ4n) is 3.16. The molecule has 0 atom stereocenters. The molecule has 0 bridgehead atoms. The molecular formula is C24H24N2O4. The first-order valence-electron chi connectivity index (χ1n) is 9.69. The number of hydrogen-bond donors (Lipinski definition) is 1. The van der Waals surface area contributed by atoms with E-state index in [-0.39, 0.29) is 17.0 Å². The normalized spacial score (nSPS) is 11.0. The number of nitrogens with zero attached hydrogens (tertiary/aromatic N) is 1. The molecule has 3 aromatic carbocycles. The van der Waals surface area contributed by atoms with Crippen LogP contribution in [0.2, 0.25) is 0 Å². The Morgan fingerprint density at radius 2 is 1.53 bits per heavy atom. The van der Waals surface area contributed by atoms with Crippen molar-refractivity contribution in [3.63, 3.8) is 0 Å². The van der Waals surface area contributed by atoms with Crippen LogP contribution in [0, 0.1) is 10.1 Å². The Morgan fingerprint density at radius 3 is 2.13 bits per heavy atom. The van der Waals surface area contributed by atoms with E-state index in [2.05, 4.69) is 43.4 Å². The third-order valence-electron chi connectivity index (χ3n) is 5.07. The molecule has 0 spiro atoms. The summed E-state index contributed by atoms with van der Waals surface area (Å²) in [5, 5.41) is 13.4. The van der Waals surface area contributed by atoms with Gasteiger partial charge in [-0.1, -0.05) is 56.3 Å². The van der Waals surface area contributed by atoms with Crippen molar-refractivity contribution in [1.82, 2.24) is 5.32 Å². The van der Waals surface area contributed by atoms with Gasteiger partial charge in [-0.05, 0) is 35.4 Å². The first kappa shape index (κ1) is 21.0. The minimum absolute atomic E-state index is 0.0474. The van der Waals surface area contributed by atoms with Crippen LogP contribution in [-0.4, -0.2) is 24.0 Å². The van der Waals surface area contributed by atoms with Gasteiger partial charge in [-0.2, -0.15) is 0 Å². The molecule has 0 aliphatic rings. The zero-order valence-electron chi connectivity index (χ0n) is 17.0. The lowest BCUT2D eigenvalue weighted by Crippen LogP contribution is -2.28. The summed E-state index contributed by atoms with van der Waals surface area (Å²) >= 11 is 0. The van der Waals surface area contributed by atoms with E-state index in [0.717, 1.165) is 5.75 Å². The Bertz CT molecular complexity index is 998. The minimum atomic E-state index is -0.498. The van der Waals surface area contributed by atoms with Crippen molar-refractivity contribution in [3.05, 3.63) is 106 Å². The molecule has 0 aromatic heterocycles. The lowest BCUT2D eigenvalue weighted by atomic mass is 9.78. The molecule has 0 fully saturated rings. The predicted octanol–water partition coefficient (Wildman–Crippen LogP) is 4.73. The number of rotatable bonds is 8. The van der Waals surface area contributed by atoms with Crippen LogP contribution in [0.25, 0.3) is 0 Å². The summed E-state index contributed by atoms with van der Waals surface area (Å²) in [6.45, 7) is 5.02. The average molecular weight is 404 g/mol. The largest absolute Gasteiger partial charge is 0.492 e. The summed E-state index contributed by atoms with van der Waals surface area (Å²) in [7, 11) is 0. The van der Waals surface area contributed by atoms with E-state index >= 15 is 0 Å². The molecule has 6 heteroatoms. The third kappa shape index (κ3) is 5.03. The molecule has 0 saturated heterocycles. The van der Waals surface area contributed by atoms with Gasteiger partial charge in [-0.25, -0.2) is 0 Å². The van der Waals surface area contributed by atoms with E-state index in [4.69, 9.17) is 4.74 Å². The fraction of sp³-hybridized carbons (Fsp3) is 0.208. The molecule has 0 aliphatic heterocycles. The molecule has 154 valence electrons. The van der Waals surface area contributed by atoms with E-state index in [1.54, 1.807) is 0 Å². The molecule has 3 aromatic rings. The first-order valence-corrected chi connectivity index (χ1v) is 9.69. The summed E-state index contributed by atoms with van der Waals surface area (Å²) in [6.07, 6.45) is 0. The van der Waals surface area contributed by atoms with Crippen molar-refractivity contribution in [3.8, 4) is 5.75 Å². The van der Waals surface area contributed by atoms with Crippen molar-refractivity contribution in [2.45, 2.75) is 19.3 Å². The number of carbonyl (C=O) groups is 1. The highest BCUT2D eigenvalue weighted by atomic mass is 16.6. The minimum Gasteiger partial charge on any atom is -0.492 e. The van der Waals surface area contributed by atoms with Gasteiger partial charge < -0.3 is 10.1 Å². The predicted molar refractivity (Wildman–Crippen MR) is 116 cm³/mol. The van der Waals surface area contributed by atoms with Gasteiger partial charge >= 0.3 is 0 Å². The number of non-ortho nitro benzene ring substituents is 1. The molecule has 0 unspecified atom stereocenters. The Hall–Kier alpha value is -3.67. The molecule has 1 amide bonds. The number of amides is 1. The highest BCUT2D eigenvalue weighted by molar-refractivity contribution is 5.94. The Labute approximate surface area is 175 Å². The maximum absolute atomic E-state index is 12.1. The van der Waals surface area contributed by atoms with E-state index < -0.39 is 4.92 Å². The van der Waals surface area contributed by atoms with Gasteiger partial charge in [0.05, 0.1) is 11.5 Å². The molecule has 0 saturated carbocycles. The maximum atomic E-state index is 12.1. The Morgan fingerprint density at radius 1 is 0.933 bits per heavy atom. The van der Waals surface area contributed by atoms with E-state index in [0.29, 0.717) is 18.7 Å². The van der Waals surface area contributed by atoms with Crippen molar-refractivity contribution in [2.75, 3.05) is 13.2 Å². The zero-order valence-corrected chi connectivity index (χ0v) is 17.0. The van der Waals surface area contributed by atoms with Crippen LogP contribution in [-0.2, 0) is 5.41 Å². The number of nitro groups is 1. The molecule has 30 heavy (non-hydrogen) atoms. The van der Waals surface area contributed by atoms with E-state index in [1.807, 2.05) is 30.3 Å². The summed E-state index contributed by atoms with van der Waals surface area (Å²) in [6, 6.07) is 23.8. The van der Waals surface area contributed by atoms with E-state index in [9.17, 15) is 14.9 Å². The number of ether oxygens (including phenoxy) is 1. The van der Waals surface area contributed by atoms with Crippen molar-refractivity contribution in [1.29, 1.82) is 0 Å². The number of carbonyl (C=O) groups excluding carboxylic acids is 1. The van der Waals surface area contributed by atoms with Gasteiger partial charge in [-0.3, -0.25) is 14.9 Å².